The van der Waals surface area contributed by atoms with Crippen LogP contribution in [0.5, 0.6) is 11.5 Å². The third-order valence-electron chi connectivity index (χ3n) is 7.80. The number of likely N-dealkylation sites (tertiary alicyclic amines) is 1. The molecule has 1 fully saturated rings. The Balaban J connectivity index is 1.59. The Kier molecular flexibility index (Phi) is 7.58. The quantitative estimate of drug-likeness (QED) is 0.511. The van der Waals surface area contributed by atoms with Crippen LogP contribution in [0.25, 0.3) is 0 Å². The zero-order valence-electron chi connectivity index (χ0n) is 22.4. The molecule has 2 aromatic rings. The van der Waals surface area contributed by atoms with Crippen LogP contribution in [0, 0.1) is 5.92 Å². The molecule has 3 aliphatic heterocycles. The summed E-state index contributed by atoms with van der Waals surface area (Å²) in [6, 6.07) is 10.9. The summed E-state index contributed by atoms with van der Waals surface area (Å²) in [4.78, 5) is 44.2. The second kappa shape index (κ2) is 11.1. The number of carbonyl (C=O) groups excluding carboxylic acids is 3. The first kappa shape index (κ1) is 26.1. The fourth-order valence-electron chi connectivity index (χ4n) is 6.16. The average molecular weight is 521 g/mol. The molecule has 0 radical (unpaired) electrons. The fourth-order valence-corrected chi connectivity index (χ4v) is 6.16. The van der Waals surface area contributed by atoms with Gasteiger partial charge in [0.15, 0.2) is 11.5 Å². The highest BCUT2D eigenvalue weighted by Gasteiger charge is 2.48. The third-order valence-corrected chi connectivity index (χ3v) is 7.80. The normalized spacial score (nSPS) is 22.2. The summed E-state index contributed by atoms with van der Waals surface area (Å²) in [5.74, 6) is 0.00747. The van der Waals surface area contributed by atoms with Crippen molar-refractivity contribution < 1.29 is 28.6 Å². The van der Waals surface area contributed by atoms with Gasteiger partial charge in [0.25, 0.3) is 5.91 Å². The number of rotatable bonds is 7. The van der Waals surface area contributed by atoms with E-state index < -0.39 is 12.0 Å². The highest BCUT2D eigenvalue weighted by molar-refractivity contribution is 6.01. The monoisotopic (exact) mass is 520 g/mol. The Morgan fingerprint density at radius 3 is 2.42 bits per heavy atom. The van der Waals surface area contributed by atoms with E-state index in [9.17, 15) is 14.4 Å². The zero-order valence-corrected chi connectivity index (χ0v) is 22.4. The maximum absolute atomic E-state index is 14.4. The molecule has 0 unspecified atom stereocenters. The molecule has 0 N–H and O–H groups in total. The van der Waals surface area contributed by atoms with Crippen LogP contribution in [0.1, 0.15) is 72.6 Å². The van der Waals surface area contributed by atoms with E-state index in [-0.39, 0.29) is 23.7 Å². The first-order valence-electron chi connectivity index (χ1n) is 13.8. The van der Waals surface area contributed by atoms with Gasteiger partial charge in [0.1, 0.15) is 0 Å². The van der Waals surface area contributed by atoms with Crippen molar-refractivity contribution in [2.45, 2.75) is 52.0 Å². The van der Waals surface area contributed by atoms with Crippen LogP contribution in [0.3, 0.4) is 0 Å². The van der Waals surface area contributed by atoms with Gasteiger partial charge in [0, 0.05) is 25.2 Å². The number of carbonyl (C=O) groups is 3. The van der Waals surface area contributed by atoms with Crippen molar-refractivity contribution in [3.05, 3.63) is 58.7 Å². The summed E-state index contributed by atoms with van der Waals surface area (Å²) in [6.45, 7) is 8.38. The van der Waals surface area contributed by atoms with E-state index in [1.807, 2.05) is 55.1 Å². The molecular formula is C30H36N2O6. The van der Waals surface area contributed by atoms with Gasteiger partial charge < -0.3 is 24.0 Å². The molecule has 0 aliphatic carbocycles. The number of piperidine rings is 1. The number of amides is 2. The van der Waals surface area contributed by atoms with Gasteiger partial charge in [0.05, 0.1) is 37.7 Å². The van der Waals surface area contributed by atoms with Crippen molar-refractivity contribution in [3.63, 3.8) is 0 Å². The van der Waals surface area contributed by atoms with Crippen LogP contribution in [-0.2, 0) is 20.7 Å². The maximum atomic E-state index is 14.4. The minimum absolute atomic E-state index is 0.0600. The lowest BCUT2D eigenvalue weighted by molar-refractivity contribution is -0.151. The highest BCUT2D eigenvalue weighted by Crippen LogP contribution is 2.49. The van der Waals surface area contributed by atoms with Gasteiger partial charge in [-0.2, -0.15) is 0 Å². The molecule has 0 saturated carbocycles. The molecule has 202 valence electrons. The van der Waals surface area contributed by atoms with Gasteiger partial charge in [-0.25, -0.2) is 0 Å². The van der Waals surface area contributed by atoms with Gasteiger partial charge in [-0.1, -0.05) is 18.2 Å². The highest BCUT2D eigenvalue weighted by atomic mass is 16.5. The lowest BCUT2D eigenvalue weighted by atomic mass is 9.75. The van der Waals surface area contributed by atoms with Crippen LogP contribution in [0.2, 0.25) is 0 Å². The van der Waals surface area contributed by atoms with Crippen LogP contribution in [-0.4, -0.2) is 67.0 Å². The molecule has 3 aliphatic rings. The van der Waals surface area contributed by atoms with Gasteiger partial charge >= 0.3 is 5.97 Å². The lowest BCUT2D eigenvalue weighted by Crippen LogP contribution is -2.52. The Labute approximate surface area is 223 Å². The maximum Gasteiger partial charge on any atom is 0.310 e. The average Bonchev–Trinajstić information content (AvgIpc) is 2.94. The zero-order chi connectivity index (χ0) is 26.8. The van der Waals surface area contributed by atoms with Gasteiger partial charge in [0.2, 0.25) is 5.91 Å². The van der Waals surface area contributed by atoms with E-state index in [1.165, 1.54) is 0 Å². The van der Waals surface area contributed by atoms with Crippen molar-refractivity contribution in [2.75, 3.05) is 39.5 Å². The fraction of sp³-hybridized carbons (Fsp3) is 0.500. The molecule has 2 aromatic carbocycles. The van der Waals surface area contributed by atoms with E-state index in [4.69, 9.17) is 14.2 Å². The number of hydrogen-bond donors (Lipinski definition) is 0. The molecular weight excluding hydrogens is 484 g/mol. The summed E-state index contributed by atoms with van der Waals surface area (Å²) >= 11 is 0. The van der Waals surface area contributed by atoms with Gasteiger partial charge in [-0.15, -0.1) is 0 Å². The molecule has 2 amide bonds. The number of hydrogen-bond acceptors (Lipinski definition) is 6. The number of ether oxygens (including phenoxy) is 3. The smallest absolute Gasteiger partial charge is 0.310 e. The summed E-state index contributed by atoms with van der Waals surface area (Å²) in [6.07, 6.45) is 2.11. The van der Waals surface area contributed by atoms with E-state index in [2.05, 4.69) is 0 Å². The second-order valence-corrected chi connectivity index (χ2v) is 10.00. The van der Waals surface area contributed by atoms with Crippen LogP contribution < -0.4 is 9.47 Å². The number of esters is 1. The van der Waals surface area contributed by atoms with E-state index in [1.54, 1.807) is 11.8 Å². The number of fused-ring (bicyclic) bond motifs is 4. The van der Waals surface area contributed by atoms with Crippen LogP contribution >= 0.6 is 0 Å². The first-order chi connectivity index (χ1) is 18.5. The first-order valence-corrected chi connectivity index (χ1v) is 13.8. The summed E-state index contributed by atoms with van der Waals surface area (Å²) in [7, 11) is 0. The second-order valence-electron chi connectivity index (χ2n) is 10.00. The minimum atomic E-state index is -0.587. The largest absolute Gasteiger partial charge is 0.490 e. The molecule has 38 heavy (non-hydrogen) atoms. The Morgan fingerprint density at radius 1 is 0.947 bits per heavy atom. The molecule has 8 heteroatoms. The summed E-state index contributed by atoms with van der Waals surface area (Å²) in [5, 5.41) is 0. The minimum Gasteiger partial charge on any atom is -0.490 e. The van der Waals surface area contributed by atoms with Gasteiger partial charge in [-0.3, -0.25) is 14.4 Å². The SMILES string of the molecule is CCOC(=O)[C@@H]1CCCN(C(=O)[C@H]2c3ccccc3C(=O)N3CCc4cc(OCC)c(OCC)cc4[C@@H]23)C1. The predicted octanol–water partition coefficient (Wildman–Crippen LogP) is 4.12. The van der Waals surface area contributed by atoms with Gasteiger partial charge in [-0.05, 0) is 74.9 Å². The molecule has 3 atom stereocenters. The van der Waals surface area contributed by atoms with E-state index in [0.717, 1.165) is 23.1 Å². The lowest BCUT2D eigenvalue weighted by Gasteiger charge is -2.47. The molecule has 8 nitrogen and oxygen atoms in total. The van der Waals surface area contributed by atoms with Crippen LogP contribution in [0.4, 0.5) is 0 Å². The standard InChI is InChI=1S/C30H36N2O6/c1-4-36-24-16-19-13-15-32-27(23(19)17-25(24)37-5-2)26(21-11-7-8-12-22(21)28(32)33)29(34)31-14-9-10-20(18-31)30(35)38-6-3/h7-8,11-12,16-17,20,26-27H,4-6,9-10,13-15,18H2,1-3H3/t20-,26+,27+/m1/s1. The Morgan fingerprint density at radius 2 is 1.68 bits per heavy atom. The Bertz CT molecular complexity index is 1230. The number of nitrogens with zero attached hydrogens (tertiary/aromatic N) is 2. The summed E-state index contributed by atoms with van der Waals surface area (Å²) < 4.78 is 17.1. The predicted molar refractivity (Wildman–Crippen MR) is 141 cm³/mol. The van der Waals surface area contributed by atoms with Crippen molar-refractivity contribution in [1.82, 2.24) is 9.80 Å². The third kappa shape index (κ3) is 4.61. The summed E-state index contributed by atoms with van der Waals surface area (Å²) in [5.41, 5.74) is 3.29. The van der Waals surface area contributed by atoms with Crippen molar-refractivity contribution in [3.8, 4) is 11.5 Å². The van der Waals surface area contributed by atoms with Crippen molar-refractivity contribution in [2.24, 2.45) is 5.92 Å². The topological polar surface area (TPSA) is 85.4 Å². The molecule has 3 heterocycles. The van der Waals surface area contributed by atoms with Crippen molar-refractivity contribution >= 4 is 17.8 Å². The number of benzene rings is 2. The Hall–Kier alpha value is -3.55. The molecule has 5 rings (SSSR count). The molecule has 1 saturated heterocycles. The molecule has 0 aromatic heterocycles. The van der Waals surface area contributed by atoms with Crippen LogP contribution in [0.15, 0.2) is 36.4 Å². The molecule has 0 spiro atoms. The van der Waals surface area contributed by atoms with E-state index in [0.29, 0.717) is 69.4 Å². The molecule has 0 bridgehead atoms. The van der Waals surface area contributed by atoms with Crippen molar-refractivity contribution in [1.29, 1.82) is 0 Å². The van der Waals surface area contributed by atoms with E-state index >= 15 is 0 Å².